The zero-order valence-electron chi connectivity index (χ0n) is 37.0. The van der Waals surface area contributed by atoms with Crippen molar-refractivity contribution in [1.82, 2.24) is 0 Å². The van der Waals surface area contributed by atoms with Gasteiger partial charge >= 0.3 is 0 Å². The molecule has 66 heavy (non-hydrogen) atoms. The topological polar surface area (TPSA) is 16.4 Å². The summed E-state index contributed by atoms with van der Waals surface area (Å²) in [5.74, 6) is 0. The van der Waals surface area contributed by atoms with Gasteiger partial charge in [0, 0.05) is 44.1 Å². The van der Waals surface area contributed by atoms with Crippen LogP contribution in [0.1, 0.15) is 53.6 Å². The van der Waals surface area contributed by atoms with Crippen molar-refractivity contribution in [3.05, 3.63) is 246 Å². The average molecular weight is 844 g/mol. The van der Waals surface area contributed by atoms with Crippen molar-refractivity contribution in [2.24, 2.45) is 0 Å². The summed E-state index contributed by atoms with van der Waals surface area (Å²) in [7, 11) is 0. The third-order valence-corrected chi connectivity index (χ3v) is 15.5. The zero-order valence-corrected chi connectivity index (χ0v) is 37.0. The second kappa shape index (κ2) is 13.8. The molecule has 0 amide bonds. The molecule has 10 aromatic carbocycles. The van der Waals surface area contributed by atoms with Crippen LogP contribution in [0.4, 0.5) is 17.1 Å². The molecular weight excluding hydrogens is 799 g/mol. The number of nitrogens with zero attached hydrogens (tertiary/aromatic N) is 1. The van der Waals surface area contributed by atoms with Crippen molar-refractivity contribution in [3.8, 4) is 44.5 Å². The molecule has 1 unspecified atom stereocenters. The molecule has 0 fully saturated rings. The van der Waals surface area contributed by atoms with Crippen LogP contribution in [0.2, 0.25) is 0 Å². The summed E-state index contributed by atoms with van der Waals surface area (Å²) in [4.78, 5) is 2.47. The van der Waals surface area contributed by atoms with Gasteiger partial charge in [0.15, 0.2) is 0 Å². The molecule has 0 saturated heterocycles. The molecule has 14 rings (SSSR count). The van der Waals surface area contributed by atoms with Crippen LogP contribution >= 0.6 is 0 Å². The first-order valence-electron chi connectivity index (χ1n) is 23.4. The molecule has 0 aliphatic heterocycles. The van der Waals surface area contributed by atoms with Crippen LogP contribution in [-0.4, -0.2) is 0 Å². The maximum atomic E-state index is 6.68. The molecule has 3 aliphatic carbocycles. The first kappa shape index (κ1) is 37.4. The van der Waals surface area contributed by atoms with Crippen molar-refractivity contribution < 1.29 is 4.42 Å². The Morgan fingerprint density at radius 3 is 1.95 bits per heavy atom. The lowest BCUT2D eigenvalue weighted by Crippen LogP contribution is -2.24. The standard InChI is InChI=1S/C64H45NO/c1-63(2)56-25-9-6-20-51(56)53-23-12-22-48(61(53)63)41-28-31-44(32-29-41)65(46-33-35-52-50-19-7-10-26-57(50)64(58(52)39-46)37-36-42-15-4-8-24-55(42)64)45-17-11-16-43(38-45)47-21-13-27-59-60(47)54-34-30-40-14-3-5-18-49(40)62(54)66-59/h3-35,38-39H,36-37H2,1-2H3. The maximum Gasteiger partial charge on any atom is 0.143 e. The molecule has 1 spiro atoms. The van der Waals surface area contributed by atoms with Crippen molar-refractivity contribution in [2.75, 3.05) is 4.90 Å². The minimum atomic E-state index is -0.198. The van der Waals surface area contributed by atoms with E-state index < -0.39 is 0 Å². The number of fused-ring (bicyclic) bond motifs is 15. The van der Waals surface area contributed by atoms with Gasteiger partial charge in [0.2, 0.25) is 0 Å². The van der Waals surface area contributed by atoms with Gasteiger partial charge in [-0.2, -0.15) is 0 Å². The highest BCUT2D eigenvalue weighted by Crippen LogP contribution is 2.59. The normalized spacial score (nSPS) is 16.1. The molecule has 0 bridgehead atoms. The van der Waals surface area contributed by atoms with Crippen LogP contribution in [0.25, 0.3) is 77.2 Å². The molecular formula is C64H45NO. The Balaban J connectivity index is 0.954. The smallest absolute Gasteiger partial charge is 0.143 e. The van der Waals surface area contributed by atoms with E-state index in [2.05, 4.69) is 231 Å². The van der Waals surface area contributed by atoms with E-state index >= 15 is 0 Å². The van der Waals surface area contributed by atoms with E-state index in [1.807, 2.05) is 0 Å². The van der Waals surface area contributed by atoms with Crippen LogP contribution in [0.3, 0.4) is 0 Å². The molecule has 1 heterocycles. The lowest BCUT2D eigenvalue weighted by Gasteiger charge is -2.31. The average Bonchev–Trinajstić information content (AvgIpc) is 4.10. The first-order valence-corrected chi connectivity index (χ1v) is 23.4. The van der Waals surface area contributed by atoms with Gasteiger partial charge in [-0.05, 0) is 145 Å². The third-order valence-electron chi connectivity index (χ3n) is 15.5. The number of furan rings is 1. The molecule has 1 aromatic heterocycles. The van der Waals surface area contributed by atoms with Crippen molar-refractivity contribution in [1.29, 1.82) is 0 Å². The van der Waals surface area contributed by atoms with Crippen LogP contribution < -0.4 is 4.90 Å². The number of anilines is 3. The van der Waals surface area contributed by atoms with Crippen molar-refractivity contribution >= 4 is 49.8 Å². The van der Waals surface area contributed by atoms with Crippen molar-refractivity contribution in [2.45, 2.75) is 37.5 Å². The lowest BCUT2D eigenvalue weighted by atomic mass is 9.73. The SMILES string of the molecule is CC1(C)c2ccccc2-c2cccc(-c3ccc(N(c4cccc(-c5cccc6oc7c8ccccc8ccc7c56)c4)c4ccc5c(c4)C4(CCc6ccccc64)c4ccccc4-5)cc3)c21. The third kappa shape index (κ3) is 5.13. The minimum absolute atomic E-state index is 0.110. The second-order valence-electron chi connectivity index (χ2n) is 19.1. The van der Waals surface area contributed by atoms with Crippen LogP contribution in [-0.2, 0) is 17.3 Å². The largest absolute Gasteiger partial charge is 0.455 e. The summed E-state index contributed by atoms with van der Waals surface area (Å²) < 4.78 is 6.68. The molecule has 11 aromatic rings. The predicted molar refractivity (Wildman–Crippen MR) is 274 cm³/mol. The summed E-state index contributed by atoms with van der Waals surface area (Å²) in [6, 6.07) is 79.1. The van der Waals surface area contributed by atoms with Gasteiger partial charge in [-0.25, -0.2) is 0 Å². The van der Waals surface area contributed by atoms with Gasteiger partial charge in [-0.15, -0.1) is 0 Å². The highest BCUT2D eigenvalue weighted by molar-refractivity contribution is 6.19. The quantitative estimate of drug-likeness (QED) is 0.172. The maximum absolute atomic E-state index is 6.68. The van der Waals surface area contributed by atoms with Gasteiger partial charge < -0.3 is 9.32 Å². The summed E-state index contributed by atoms with van der Waals surface area (Å²) in [6.07, 6.45) is 2.13. The van der Waals surface area contributed by atoms with E-state index in [0.29, 0.717) is 0 Å². The Morgan fingerprint density at radius 1 is 0.424 bits per heavy atom. The Hall–Kier alpha value is -7.94. The molecule has 0 N–H and O–H groups in total. The highest BCUT2D eigenvalue weighted by atomic mass is 16.3. The fourth-order valence-electron chi connectivity index (χ4n) is 12.6. The molecule has 1 atom stereocenters. The molecule has 0 saturated carbocycles. The van der Waals surface area contributed by atoms with Crippen LogP contribution in [0.5, 0.6) is 0 Å². The summed E-state index contributed by atoms with van der Waals surface area (Å²) in [5.41, 5.74) is 23.6. The fraction of sp³-hybridized carbons (Fsp3) is 0.0938. The number of hydrogen-bond acceptors (Lipinski definition) is 2. The number of hydrogen-bond donors (Lipinski definition) is 0. The molecule has 2 nitrogen and oxygen atoms in total. The monoisotopic (exact) mass is 843 g/mol. The van der Waals surface area contributed by atoms with E-state index in [1.54, 1.807) is 0 Å². The van der Waals surface area contributed by atoms with Crippen LogP contribution in [0.15, 0.2) is 217 Å². The predicted octanol–water partition coefficient (Wildman–Crippen LogP) is 17.1. The lowest BCUT2D eigenvalue weighted by molar-refractivity contribution is 0.626. The molecule has 0 radical (unpaired) electrons. The Labute approximate surface area is 385 Å². The molecule has 312 valence electrons. The van der Waals surface area contributed by atoms with Gasteiger partial charge in [0.1, 0.15) is 11.2 Å². The van der Waals surface area contributed by atoms with Crippen LogP contribution in [0, 0.1) is 0 Å². The number of rotatable bonds is 5. The Bertz CT molecular complexity index is 3810. The number of benzene rings is 10. The van der Waals surface area contributed by atoms with Gasteiger partial charge in [-0.3, -0.25) is 0 Å². The van der Waals surface area contributed by atoms with Crippen molar-refractivity contribution in [3.63, 3.8) is 0 Å². The molecule has 3 aliphatic rings. The van der Waals surface area contributed by atoms with Gasteiger partial charge in [0.05, 0.1) is 0 Å². The van der Waals surface area contributed by atoms with Gasteiger partial charge in [0.25, 0.3) is 0 Å². The fourth-order valence-corrected chi connectivity index (χ4v) is 12.6. The van der Waals surface area contributed by atoms with E-state index in [4.69, 9.17) is 4.42 Å². The number of aryl methyl sites for hydroxylation is 1. The zero-order chi connectivity index (χ0) is 43.7. The minimum Gasteiger partial charge on any atom is -0.455 e. The van der Waals surface area contributed by atoms with E-state index in [0.717, 1.165) is 68.4 Å². The second-order valence-corrected chi connectivity index (χ2v) is 19.1. The van der Waals surface area contributed by atoms with E-state index in [9.17, 15) is 0 Å². The summed E-state index contributed by atoms with van der Waals surface area (Å²) in [5, 5.41) is 4.59. The van der Waals surface area contributed by atoms with E-state index in [-0.39, 0.29) is 10.8 Å². The first-order chi connectivity index (χ1) is 32.5. The Morgan fingerprint density at radius 2 is 1.08 bits per heavy atom. The summed E-state index contributed by atoms with van der Waals surface area (Å²) in [6.45, 7) is 4.75. The summed E-state index contributed by atoms with van der Waals surface area (Å²) >= 11 is 0. The van der Waals surface area contributed by atoms with Gasteiger partial charge in [-0.1, -0.05) is 178 Å². The highest BCUT2D eigenvalue weighted by Gasteiger charge is 2.48. The molecule has 2 heteroatoms. The van der Waals surface area contributed by atoms with E-state index in [1.165, 1.54) is 72.1 Å². The Kier molecular flexibility index (Phi) is 7.82.